The molecule has 1 saturated heterocycles. The summed E-state index contributed by atoms with van der Waals surface area (Å²) in [5.74, 6) is -0.215. The van der Waals surface area contributed by atoms with Crippen LogP contribution in [0.5, 0.6) is 11.5 Å². The summed E-state index contributed by atoms with van der Waals surface area (Å²) in [6.45, 7) is 2.67. The molecule has 1 unspecified atom stereocenters. The number of rotatable bonds is 8. The smallest absolute Gasteiger partial charge is 0.295 e. The molecule has 0 bridgehead atoms. The fourth-order valence-electron chi connectivity index (χ4n) is 4.76. The Morgan fingerprint density at radius 2 is 1.89 bits per heavy atom. The number of H-pyrrole nitrogens is 1. The van der Waals surface area contributed by atoms with Gasteiger partial charge >= 0.3 is 0 Å². The minimum atomic E-state index is -0.764. The molecule has 8 nitrogen and oxygen atoms in total. The predicted molar refractivity (Wildman–Crippen MR) is 139 cm³/mol. The summed E-state index contributed by atoms with van der Waals surface area (Å²) < 4.78 is 10.8. The summed E-state index contributed by atoms with van der Waals surface area (Å²) >= 11 is 0. The van der Waals surface area contributed by atoms with Crippen molar-refractivity contribution in [3.63, 3.8) is 0 Å². The zero-order chi connectivity index (χ0) is 25.9. The number of carbonyl (C=O) groups is 2. The number of hydrogen-bond donors (Lipinski definition) is 2. The first-order chi connectivity index (χ1) is 18.0. The predicted octanol–water partition coefficient (Wildman–Crippen LogP) is 4.63. The number of ether oxygens (including phenoxy) is 2. The number of fused-ring (bicyclic) bond motifs is 1. The Bertz CT molecular complexity index is 1470. The molecule has 2 N–H and O–H groups in total. The summed E-state index contributed by atoms with van der Waals surface area (Å²) in [7, 11) is 1.62. The number of carbonyl (C=O) groups excluding carboxylic acids is 2. The Balaban J connectivity index is 1.51. The summed E-state index contributed by atoms with van der Waals surface area (Å²) in [4.78, 5) is 35.5. The fourth-order valence-corrected chi connectivity index (χ4v) is 4.76. The molecule has 1 atom stereocenters. The van der Waals surface area contributed by atoms with E-state index in [0.717, 1.165) is 22.2 Å². The van der Waals surface area contributed by atoms with Crippen LogP contribution in [-0.2, 0) is 16.0 Å². The van der Waals surface area contributed by atoms with Crippen molar-refractivity contribution < 1.29 is 24.2 Å². The number of aliphatic hydroxyl groups is 1. The third-order valence-corrected chi connectivity index (χ3v) is 6.58. The SMILES string of the molecule is CCOc1ccc(/C(O)=C2/C(=O)C(=O)N(CCc3c[nH]c4ccc(OC)cc34)C2c2cccnc2)cc1. The molecule has 1 aliphatic rings. The van der Waals surface area contributed by atoms with E-state index >= 15 is 0 Å². The van der Waals surface area contributed by atoms with E-state index in [4.69, 9.17) is 9.47 Å². The molecule has 0 radical (unpaired) electrons. The van der Waals surface area contributed by atoms with Crippen LogP contribution in [0.4, 0.5) is 0 Å². The number of ketones is 1. The standard InChI is InChI=1S/C29H27N3O5/c1-3-37-21-8-6-18(7-9-21)27(33)25-26(20-5-4-13-30-16-20)32(29(35)28(25)34)14-12-19-17-31-24-11-10-22(36-2)15-23(19)24/h4-11,13,15-17,26,31,33H,3,12,14H2,1-2H3/b27-25-. The van der Waals surface area contributed by atoms with Gasteiger partial charge < -0.3 is 24.5 Å². The Morgan fingerprint density at radius 1 is 1.11 bits per heavy atom. The average Bonchev–Trinajstić information content (AvgIpc) is 3.45. The number of likely N-dealkylation sites (tertiary alicyclic amines) is 1. The second-order valence-corrected chi connectivity index (χ2v) is 8.71. The van der Waals surface area contributed by atoms with Gasteiger partial charge in [-0.05, 0) is 73.0 Å². The largest absolute Gasteiger partial charge is 0.507 e. The third kappa shape index (κ3) is 4.53. The first kappa shape index (κ1) is 24.1. The van der Waals surface area contributed by atoms with E-state index in [2.05, 4.69) is 9.97 Å². The number of benzene rings is 2. The quantitative estimate of drug-likeness (QED) is 0.209. The molecular weight excluding hydrogens is 470 g/mol. The number of nitrogens with zero attached hydrogens (tertiary/aromatic N) is 2. The number of methoxy groups -OCH3 is 1. The van der Waals surface area contributed by atoms with Crippen LogP contribution in [0.1, 0.15) is 29.7 Å². The van der Waals surface area contributed by atoms with Gasteiger partial charge in [-0.15, -0.1) is 0 Å². The van der Waals surface area contributed by atoms with Gasteiger partial charge in [0.15, 0.2) is 0 Å². The number of aromatic amines is 1. The molecule has 5 rings (SSSR count). The summed E-state index contributed by atoms with van der Waals surface area (Å²) in [5.41, 5.74) is 3.07. The van der Waals surface area contributed by atoms with E-state index in [1.54, 1.807) is 55.9 Å². The number of aliphatic hydroxyl groups excluding tert-OH is 1. The van der Waals surface area contributed by atoms with Crippen molar-refractivity contribution in [2.45, 2.75) is 19.4 Å². The van der Waals surface area contributed by atoms with Gasteiger partial charge in [0.1, 0.15) is 17.3 Å². The minimum absolute atomic E-state index is 0.0442. The monoisotopic (exact) mass is 497 g/mol. The lowest BCUT2D eigenvalue weighted by Crippen LogP contribution is -2.31. The van der Waals surface area contributed by atoms with Crippen LogP contribution in [0.15, 0.2) is 78.8 Å². The maximum atomic E-state index is 13.3. The molecule has 0 spiro atoms. The fraction of sp³-hybridized carbons (Fsp3) is 0.207. The number of hydrogen-bond acceptors (Lipinski definition) is 6. The van der Waals surface area contributed by atoms with E-state index in [0.29, 0.717) is 29.9 Å². The molecule has 2 aromatic heterocycles. The molecular formula is C29H27N3O5. The van der Waals surface area contributed by atoms with Crippen LogP contribution >= 0.6 is 0 Å². The van der Waals surface area contributed by atoms with Crippen LogP contribution in [0.2, 0.25) is 0 Å². The molecule has 1 aliphatic heterocycles. The van der Waals surface area contributed by atoms with Gasteiger partial charge in [-0.1, -0.05) is 6.07 Å². The zero-order valence-corrected chi connectivity index (χ0v) is 20.6. The molecule has 1 fully saturated rings. The molecule has 1 amide bonds. The molecule has 188 valence electrons. The number of nitrogens with one attached hydrogen (secondary N) is 1. The normalized spacial score (nSPS) is 16.9. The third-order valence-electron chi connectivity index (χ3n) is 6.58. The Hall–Kier alpha value is -4.59. The van der Waals surface area contributed by atoms with Crippen molar-refractivity contribution in [2.75, 3.05) is 20.3 Å². The van der Waals surface area contributed by atoms with Crippen molar-refractivity contribution in [1.29, 1.82) is 0 Å². The van der Waals surface area contributed by atoms with Crippen LogP contribution < -0.4 is 9.47 Å². The first-order valence-corrected chi connectivity index (χ1v) is 12.1. The average molecular weight is 498 g/mol. The minimum Gasteiger partial charge on any atom is -0.507 e. The highest BCUT2D eigenvalue weighted by Crippen LogP contribution is 2.39. The maximum Gasteiger partial charge on any atom is 0.295 e. The summed E-state index contributed by atoms with van der Waals surface area (Å²) in [5, 5.41) is 12.2. The highest BCUT2D eigenvalue weighted by molar-refractivity contribution is 6.46. The van der Waals surface area contributed by atoms with Gasteiger partial charge in [0, 0.05) is 41.6 Å². The van der Waals surface area contributed by atoms with Crippen molar-refractivity contribution in [3.05, 3.63) is 95.5 Å². The Labute approximate surface area is 214 Å². The molecule has 4 aromatic rings. The van der Waals surface area contributed by atoms with Gasteiger partial charge in [0.05, 0.1) is 25.3 Å². The maximum absolute atomic E-state index is 13.3. The van der Waals surface area contributed by atoms with Crippen molar-refractivity contribution >= 4 is 28.4 Å². The van der Waals surface area contributed by atoms with Gasteiger partial charge in [-0.2, -0.15) is 0 Å². The van der Waals surface area contributed by atoms with E-state index < -0.39 is 17.7 Å². The number of pyridine rings is 1. The number of aromatic nitrogens is 2. The molecule has 8 heteroatoms. The Morgan fingerprint density at radius 3 is 2.59 bits per heavy atom. The zero-order valence-electron chi connectivity index (χ0n) is 20.6. The molecule has 2 aromatic carbocycles. The van der Waals surface area contributed by atoms with Crippen LogP contribution in [-0.4, -0.2) is 51.9 Å². The first-order valence-electron chi connectivity index (χ1n) is 12.1. The topological polar surface area (TPSA) is 105 Å². The molecule has 37 heavy (non-hydrogen) atoms. The van der Waals surface area contributed by atoms with Gasteiger partial charge in [0.25, 0.3) is 11.7 Å². The van der Waals surface area contributed by atoms with Gasteiger partial charge in [0.2, 0.25) is 0 Å². The lowest BCUT2D eigenvalue weighted by molar-refractivity contribution is -0.139. The molecule has 0 aliphatic carbocycles. The highest BCUT2D eigenvalue weighted by Gasteiger charge is 2.46. The van der Waals surface area contributed by atoms with E-state index in [1.165, 1.54) is 4.90 Å². The second-order valence-electron chi connectivity index (χ2n) is 8.71. The summed E-state index contributed by atoms with van der Waals surface area (Å²) in [6.07, 6.45) is 5.65. The highest BCUT2D eigenvalue weighted by atomic mass is 16.5. The van der Waals surface area contributed by atoms with Crippen molar-refractivity contribution in [3.8, 4) is 11.5 Å². The van der Waals surface area contributed by atoms with Crippen molar-refractivity contribution in [1.82, 2.24) is 14.9 Å². The van der Waals surface area contributed by atoms with E-state index in [1.807, 2.05) is 31.3 Å². The molecule has 0 saturated carbocycles. The molecule has 3 heterocycles. The second kappa shape index (κ2) is 10.2. The van der Waals surface area contributed by atoms with E-state index in [9.17, 15) is 14.7 Å². The van der Waals surface area contributed by atoms with Crippen LogP contribution in [0.3, 0.4) is 0 Å². The van der Waals surface area contributed by atoms with Crippen LogP contribution in [0.25, 0.3) is 16.7 Å². The van der Waals surface area contributed by atoms with Crippen LogP contribution in [0, 0.1) is 0 Å². The Kier molecular flexibility index (Phi) is 6.64. The van der Waals surface area contributed by atoms with E-state index in [-0.39, 0.29) is 17.9 Å². The summed E-state index contributed by atoms with van der Waals surface area (Å²) in [6, 6.07) is 15.3. The number of Topliss-reactive ketones (excluding diaryl/α,β-unsaturated/α-hetero) is 1. The number of amides is 1. The lowest BCUT2D eigenvalue weighted by Gasteiger charge is -2.25. The lowest BCUT2D eigenvalue weighted by atomic mass is 9.96. The van der Waals surface area contributed by atoms with Gasteiger partial charge in [-0.25, -0.2) is 0 Å². The van der Waals surface area contributed by atoms with Gasteiger partial charge in [-0.3, -0.25) is 14.6 Å². The van der Waals surface area contributed by atoms with Crippen molar-refractivity contribution in [2.24, 2.45) is 0 Å².